The lowest BCUT2D eigenvalue weighted by molar-refractivity contribution is -0.924. The highest BCUT2D eigenvalue weighted by atomic mass is 16.6. The number of fused-ring (bicyclic) bond motifs is 2. The Balaban J connectivity index is 0.851. The van der Waals surface area contributed by atoms with Gasteiger partial charge in [0.05, 0.1) is 26.2 Å². The number of likely N-dealkylation sites (tertiary alicyclic amines) is 2. The minimum Gasteiger partial charge on any atom is -0.632 e. The van der Waals surface area contributed by atoms with E-state index in [4.69, 9.17) is 0 Å². The number of carbonyl (C=O) groups is 2. The molecule has 2 heterocycles. The van der Waals surface area contributed by atoms with Crippen LogP contribution in [-0.4, -0.2) is 70.4 Å². The van der Waals surface area contributed by atoms with Crippen molar-refractivity contribution in [1.82, 2.24) is 10.6 Å². The van der Waals surface area contributed by atoms with Crippen LogP contribution in [0.25, 0.3) is 0 Å². The predicted molar refractivity (Wildman–Crippen MR) is 188 cm³/mol. The SMILES string of the molecule is O=C(NC12CC3CC(CC(C3)C1)C2)[C@@H]1C[C@@H]2CCC[C@@H]2C[N+]1([O-])CCC[N+]1([O-])C[C@H]2CCC[C@H]2C[C@H]1C(=O)NC12CC3CC(CC(C3)C1)C2. The zero-order valence-electron chi connectivity index (χ0n) is 30.1. The summed E-state index contributed by atoms with van der Waals surface area (Å²) in [6, 6.07) is -1.11. The van der Waals surface area contributed by atoms with Crippen LogP contribution in [0.4, 0.5) is 0 Å². The fraction of sp³-hybridized carbons (Fsp3) is 0.951. The minimum absolute atomic E-state index is 0.0212. The van der Waals surface area contributed by atoms with Crippen molar-refractivity contribution >= 4 is 11.8 Å². The number of nitrogens with one attached hydrogen (secondary N) is 2. The van der Waals surface area contributed by atoms with Gasteiger partial charge in [-0.1, -0.05) is 12.8 Å². The maximum atomic E-state index is 15.1. The van der Waals surface area contributed by atoms with E-state index in [1.165, 1.54) is 51.4 Å². The Morgan fingerprint density at radius 3 is 1.18 bits per heavy atom. The van der Waals surface area contributed by atoms with E-state index in [0.29, 0.717) is 69.1 Å². The molecular weight excluding hydrogens is 612 g/mol. The molecule has 12 fully saturated rings. The summed E-state index contributed by atoms with van der Waals surface area (Å²) in [5.74, 6) is 6.32. The number of hydrogen-bond donors (Lipinski definition) is 2. The maximum Gasteiger partial charge on any atom is 0.279 e. The van der Waals surface area contributed by atoms with Crippen molar-refractivity contribution in [2.24, 2.45) is 59.2 Å². The van der Waals surface area contributed by atoms with Gasteiger partial charge in [-0.2, -0.15) is 0 Å². The average Bonchev–Trinajstić information content (AvgIpc) is 3.66. The molecule has 8 heteroatoms. The van der Waals surface area contributed by atoms with Crippen LogP contribution in [0.2, 0.25) is 0 Å². The lowest BCUT2D eigenvalue weighted by Gasteiger charge is -2.59. The van der Waals surface area contributed by atoms with E-state index in [1.54, 1.807) is 0 Å². The molecule has 0 aromatic heterocycles. The van der Waals surface area contributed by atoms with Crippen molar-refractivity contribution in [2.75, 3.05) is 26.2 Å². The van der Waals surface area contributed by atoms with Crippen LogP contribution in [0.1, 0.15) is 135 Å². The Bertz CT molecular complexity index is 1170. The molecule has 272 valence electrons. The molecule has 2 saturated heterocycles. The van der Waals surface area contributed by atoms with Gasteiger partial charge < -0.3 is 30.3 Å². The van der Waals surface area contributed by atoms with Gasteiger partial charge in [0.2, 0.25) is 0 Å². The average molecular weight is 677 g/mol. The molecule has 8 bridgehead atoms. The molecule has 49 heavy (non-hydrogen) atoms. The summed E-state index contributed by atoms with van der Waals surface area (Å²) in [5, 5.41) is 37.4. The fourth-order valence-electron chi connectivity index (χ4n) is 16.3. The zero-order valence-corrected chi connectivity index (χ0v) is 30.1. The lowest BCUT2D eigenvalue weighted by Crippen LogP contribution is -2.69. The van der Waals surface area contributed by atoms with Gasteiger partial charge in [0.15, 0.2) is 12.1 Å². The quantitative estimate of drug-likeness (QED) is 0.225. The van der Waals surface area contributed by atoms with Crippen LogP contribution in [0.15, 0.2) is 0 Å². The molecule has 0 spiro atoms. The van der Waals surface area contributed by atoms with Crippen molar-refractivity contribution in [3.8, 4) is 0 Å². The van der Waals surface area contributed by atoms with Gasteiger partial charge >= 0.3 is 0 Å². The molecule has 10 saturated carbocycles. The number of nitrogens with zero attached hydrogens (tertiary/aromatic N) is 2. The number of piperidine rings is 2. The molecule has 2 amide bonds. The lowest BCUT2D eigenvalue weighted by atomic mass is 9.53. The zero-order chi connectivity index (χ0) is 33.2. The summed E-state index contributed by atoms with van der Waals surface area (Å²) < 4.78 is -0.898. The third-order valence-corrected chi connectivity index (χ3v) is 17.4. The highest BCUT2D eigenvalue weighted by Gasteiger charge is 2.56. The van der Waals surface area contributed by atoms with Gasteiger partial charge in [-0.15, -0.1) is 0 Å². The highest BCUT2D eigenvalue weighted by Crippen LogP contribution is 2.57. The smallest absolute Gasteiger partial charge is 0.279 e. The number of amides is 2. The molecule has 0 aromatic rings. The van der Waals surface area contributed by atoms with E-state index in [-0.39, 0.29) is 22.9 Å². The normalized spacial score (nSPS) is 54.9. The molecule has 8 atom stereocenters. The van der Waals surface area contributed by atoms with Gasteiger partial charge in [0, 0.05) is 42.2 Å². The molecule has 8 nitrogen and oxygen atoms in total. The summed E-state index contributed by atoms with van der Waals surface area (Å²) in [5.41, 5.74) is -0.174. The summed E-state index contributed by atoms with van der Waals surface area (Å²) in [7, 11) is 0. The number of hydroxylamine groups is 6. The number of hydrogen-bond acceptors (Lipinski definition) is 4. The third kappa shape index (κ3) is 5.66. The van der Waals surface area contributed by atoms with Gasteiger partial charge in [0.25, 0.3) is 11.8 Å². The second-order valence-electron chi connectivity index (χ2n) is 20.9. The molecular formula is C41H64N4O4. The van der Waals surface area contributed by atoms with E-state index in [2.05, 4.69) is 10.6 Å². The van der Waals surface area contributed by atoms with Crippen LogP contribution in [0, 0.1) is 69.6 Å². The van der Waals surface area contributed by atoms with Crippen molar-refractivity contribution in [3.63, 3.8) is 0 Å². The Morgan fingerprint density at radius 2 is 0.837 bits per heavy atom. The molecule has 2 N–H and O–H groups in total. The second kappa shape index (κ2) is 11.6. The minimum atomic E-state index is -0.553. The Hall–Kier alpha value is -1.22. The van der Waals surface area contributed by atoms with E-state index >= 15 is 10.4 Å². The Labute approximate surface area is 294 Å². The fourth-order valence-corrected chi connectivity index (χ4v) is 16.3. The first-order valence-corrected chi connectivity index (χ1v) is 21.4. The molecule has 2 unspecified atom stereocenters. The summed E-state index contributed by atoms with van der Waals surface area (Å²) in [6.45, 7) is 1.73. The van der Waals surface area contributed by atoms with Crippen LogP contribution >= 0.6 is 0 Å². The standard InChI is InChI=1S/C41H64N4O4/c46-38(42-40-18-26-10-27(19-40)12-28(11-26)20-40)36-16-32-4-1-6-34(32)24-44(36,48)8-3-9-45(49)25-35-7-2-5-33(35)17-37(45)39(47)43-41-21-29-13-30(22-41)15-31(14-29)23-41/h26-37H,1-25H2,(H,42,46)(H,43,47)/t26?,27?,28?,29?,30?,31?,32-,33-,34+,35+,36-,37-,40?,41?,44?,45?/m0/s1. The van der Waals surface area contributed by atoms with Crippen molar-refractivity contribution in [1.29, 1.82) is 0 Å². The molecule has 12 rings (SSSR count). The predicted octanol–water partition coefficient (Wildman–Crippen LogP) is 6.55. The van der Waals surface area contributed by atoms with E-state index < -0.39 is 21.4 Å². The largest absolute Gasteiger partial charge is 0.632 e. The summed E-state index contributed by atoms with van der Waals surface area (Å²) >= 11 is 0. The summed E-state index contributed by atoms with van der Waals surface area (Å²) in [4.78, 5) is 28.7. The highest BCUT2D eigenvalue weighted by molar-refractivity contribution is 5.82. The first-order valence-electron chi connectivity index (χ1n) is 21.4. The van der Waals surface area contributed by atoms with Crippen molar-refractivity contribution < 1.29 is 18.9 Å². The first-order chi connectivity index (χ1) is 23.6. The molecule has 12 aliphatic rings. The van der Waals surface area contributed by atoms with Crippen LogP contribution < -0.4 is 10.6 Å². The third-order valence-electron chi connectivity index (χ3n) is 17.4. The monoisotopic (exact) mass is 676 g/mol. The van der Waals surface area contributed by atoms with Crippen LogP contribution in [0.3, 0.4) is 0 Å². The van der Waals surface area contributed by atoms with Gasteiger partial charge in [-0.25, -0.2) is 0 Å². The van der Waals surface area contributed by atoms with Gasteiger partial charge in [-0.05, 0) is 150 Å². The van der Waals surface area contributed by atoms with E-state index in [0.717, 1.165) is 99.7 Å². The van der Waals surface area contributed by atoms with E-state index in [1.807, 2.05) is 0 Å². The summed E-state index contributed by atoms with van der Waals surface area (Å²) in [6.07, 6.45) is 23.4. The Morgan fingerprint density at radius 1 is 0.510 bits per heavy atom. The first kappa shape index (κ1) is 32.4. The molecule has 0 aromatic carbocycles. The van der Waals surface area contributed by atoms with E-state index in [9.17, 15) is 9.59 Å². The topological polar surface area (TPSA) is 104 Å². The molecule has 2 aliphatic heterocycles. The molecule has 10 aliphatic carbocycles. The second-order valence-corrected chi connectivity index (χ2v) is 20.9. The number of carbonyl (C=O) groups excluding carboxylic acids is 2. The van der Waals surface area contributed by atoms with Gasteiger partial charge in [-0.3, -0.25) is 9.59 Å². The molecule has 0 radical (unpaired) electrons. The Kier molecular flexibility index (Phi) is 7.70. The number of rotatable bonds is 8. The maximum absolute atomic E-state index is 15.1. The number of quaternary nitrogens is 2. The van der Waals surface area contributed by atoms with Crippen LogP contribution in [-0.2, 0) is 9.59 Å². The van der Waals surface area contributed by atoms with Gasteiger partial charge in [0.1, 0.15) is 0 Å². The van der Waals surface area contributed by atoms with Crippen molar-refractivity contribution in [2.45, 2.75) is 158 Å². The van der Waals surface area contributed by atoms with Crippen molar-refractivity contribution in [3.05, 3.63) is 10.4 Å². The van der Waals surface area contributed by atoms with Crippen LogP contribution in [0.5, 0.6) is 0 Å².